The summed E-state index contributed by atoms with van der Waals surface area (Å²) in [6.07, 6.45) is 6.77. The van der Waals surface area contributed by atoms with Crippen molar-refractivity contribution < 1.29 is 14.6 Å². The molecule has 0 radical (unpaired) electrons. The van der Waals surface area contributed by atoms with E-state index in [-0.39, 0.29) is 11.8 Å². The molecule has 1 amide bonds. The van der Waals surface area contributed by atoms with E-state index in [1.807, 2.05) is 0 Å². The van der Waals surface area contributed by atoms with Gasteiger partial charge in [0.05, 0.1) is 35.1 Å². The molecule has 10 heteroatoms. The highest BCUT2D eigenvalue weighted by molar-refractivity contribution is 6.33. The minimum absolute atomic E-state index is 0.190. The van der Waals surface area contributed by atoms with E-state index in [1.54, 1.807) is 18.5 Å². The quantitative estimate of drug-likeness (QED) is 0.531. The van der Waals surface area contributed by atoms with Crippen LogP contribution < -0.4 is 16.0 Å². The fraction of sp³-hybridized carbons (Fsp3) is 0.524. The summed E-state index contributed by atoms with van der Waals surface area (Å²) in [5.74, 6) is 1.10. The number of aliphatic hydroxyl groups excluding tert-OH is 1. The van der Waals surface area contributed by atoms with Gasteiger partial charge in [0.2, 0.25) is 5.91 Å². The number of anilines is 2. The van der Waals surface area contributed by atoms with Crippen LogP contribution in [0.3, 0.4) is 0 Å². The summed E-state index contributed by atoms with van der Waals surface area (Å²) in [6.45, 7) is 3.44. The molecule has 166 valence electrons. The van der Waals surface area contributed by atoms with E-state index in [0.717, 1.165) is 32.6 Å². The van der Waals surface area contributed by atoms with Crippen LogP contribution >= 0.6 is 11.6 Å². The maximum Gasteiger partial charge on any atom is 0.230 e. The number of nitrogens with zero attached hydrogens (tertiary/aromatic N) is 3. The monoisotopic (exact) mass is 446 g/mol. The number of ether oxygens (including phenoxy) is 1. The lowest BCUT2D eigenvalue weighted by molar-refractivity contribution is -0.121. The highest BCUT2D eigenvalue weighted by Gasteiger charge is 2.26. The Morgan fingerprint density at radius 2 is 2.06 bits per heavy atom. The van der Waals surface area contributed by atoms with Crippen LogP contribution in [0.25, 0.3) is 11.3 Å². The molecule has 2 aliphatic heterocycles. The number of nitrogens with one attached hydrogen (secondary N) is 3. The minimum Gasteiger partial charge on any atom is -0.392 e. The zero-order valence-electron chi connectivity index (χ0n) is 17.2. The van der Waals surface area contributed by atoms with Gasteiger partial charge in [0.25, 0.3) is 0 Å². The fourth-order valence-electron chi connectivity index (χ4n) is 3.83. The van der Waals surface area contributed by atoms with Crippen molar-refractivity contribution in [2.75, 3.05) is 43.5 Å². The second-order valence-corrected chi connectivity index (χ2v) is 8.42. The molecule has 2 aromatic rings. The van der Waals surface area contributed by atoms with E-state index in [9.17, 15) is 9.90 Å². The fourth-order valence-corrected chi connectivity index (χ4v) is 4.03. The van der Waals surface area contributed by atoms with Gasteiger partial charge in [-0.15, -0.1) is 0 Å². The number of aromatic nitrogens is 3. The molecule has 4 heterocycles. The molecular weight excluding hydrogens is 420 g/mol. The Hall–Kier alpha value is -2.33. The number of β-amino-alcohol motifs (C(OH)–C–C–N with tert-alkyl or cyclic N) is 1. The van der Waals surface area contributed by atoms with Crippen LogP contribution in [0, 0.1) is 11.8 Å². The van der Waals surface area contributed by atoms with E-state index < -0.39 is 6.10 Å². The first-order valence-electron chi connectivity index (χ1n) is 10.6. The molecule has 2 atom stereocenters. The molecule has 0 spiro atoms. The molecule has 31 heavy (non-hydrogen) atoms. The molecule has 0 aliphatic carbocycles. The van der Waals surface area contributed by atoms with E-state index in [1.165, 1.54) is 6.20 Å². The summed E-state index contributed by atoms with van der Waals surface area (Å²) in [6, 6.07) is 1.69. The van der Waals surface area contributed by atoms with Crippen molar-refractivity contribution in [3.63, 3.8) is 0 Å². The molecule has 0 bridgehead atoms. The van der Waals surface area contributed by atoms with Crippen molar-refractivity contribution in [3.05, 3.63) is 29.7 Å². The Kier molecular flexibility index (Phi) is 7.29. The lowest BCUT2D eigenvalue weighted by Crippen LogP contribution is -2.44. The largest absolute Gasteiger partial charge is 0.392 e. The van der Waals surface area contributed by atoms with Crippen LogP contribution in [-0.4, -0.2) is 64.9 Å². The number of hydrogen-bond donors (Lipinski definition) is 4. The van der Waals surface area contributed by atoms with E-state index in [0.29, 0.717) is 53.3 Å². The maximum absolute atomic E-state index is 12.6. The van der Waals surface area contributed by atoms with Crippen LogP contribution in [0.2, 0.25) is 5.02 Å². The molecule has 4 N–H and O–H groups in total. The number of piperidine rings is 1. The van der Waals surface area contributed by atoms with Gasteiger partial charge in [0.1, 0.15) is 11.6 Å². The second-order valence-electron chi connectivity index (χ2n) is 8.01. The highest BCUT2D eigenvalue weighted by atomic mass is 35.5. The number of rotatable bonds is 6. The Morgan fingerprint density at radius 1 is 1.23 bits per heavy atom. The van der Waals surface area contributed by atoms with Crippen molar-refractivity contribution in [1.29, 1.82) is 0 Å². The summed E-state index contributed by atoms with van der Waals surface area (Å²) in [5.41, 5.74) is 1.23. The molecule has 9 nitrogen and oxygen atoms in total. The summed E-state index contributed by atoms with van der Waals surface area (Å²) in [4.78, 5) is 25.7. The first-order valence-corrected chi connectivity index (χ1v) is 11.0. The first-order chi connectivity index (χ1) is 15.1. The minimum atomic E-state index is -0.523. The number of carbonyl (C=O) groups is 1. The van der Waals surface area contributed by atoms with Crippen molar-refractivity contribution in [3.8, 4) is 11.3 Å². The normalized spacial score (nSPS) is 22.1. The third-order valence-corrected chi connectivity index (χ3v) is 5.93. The van der Waals surface area contributed by atoms with Crippen LogP contribution in [0.4, 0.5) is 11.6 Å². The summed E-state index contributed by atoms with van der Waals surface area (Å²) in [5, 5.41) is 19.4. The molecule has 2 aromatic heterocycles. The van der Waals surface area contributed by atoms with Gasteiger partial charge < -0.3 is 25.8 Å². The summed E-state index contributed by atoms with van der Waals surface area (Å²) < 4.78 is 5.40. The Bertz CT molecular complexity index is 908. The average molecular weight is 447 g/mol. The smallest absolute Gasteiger partial charge is 0.230 e. The summed E-state index contributed by atoms with van der Waals surface area (Å²) in [7, 11) is 0. The molecule has 4 rings (SSSR count). The molecule has 2 aliphatic rings. The zero-order valence-corrected chi connectivity index (χ0v) is 17.9. The van der Waals surface area contributed by atoms with Gasteiger partial charge >= 0.3 is 0 Å². The summed E-state index contributed by atoms with van der Waals surface area (Å²) >= 11 is 6.37. The maximum atomic E-state index is 12.6. The predicted molar refractivity (Wildman–Crippen MR) is 118 cm³/mol. The van der Waals surface area contributed by atoms with Gasteiger partial charge in [-0.25, -0.2) is 9.97 Å². The van der Waals surface area contributed by atoms with Crippen molar-refractivity contribution in [2.24, 2.45) is 11.8 Å². The number of aliphatic hydroxyl groups is 1. The Labute approximate surface area is 186 Å². The average Bonchev–Trinajstić information content (AvgIpc) is 2.80. The van der Waals surface area contributed by atoms with Gasteiger partial charge in [-0.2, -0.15) is 0 Å². The number of carbonyl (C=O) groups excluding carboxylic acids is 1. The molecule has 0 aromatic carbocycles. The molecule has 0 saturated carbocycles. The van der Waals surface area contributed by atoms with Crippen LogP contribution in [0.15, 0.2) is 24.7 Å². The third kappa shape index (κ3) is 5.88. The number of amides is 1. The number of hydrogen-bond acceptors (Lipinski definition) is 8. The highest BCUT2D eigenvalue weighted by Crippen LogP contribution is 2.28. The SMILES string of the molecule is O=C(Nc1cc(-c2cncc(NCC3CCOCC3)n2)c(Cl)cn1)[C@H]1CNC[C@@H](O)C1. The third-order valence-electron chi connectivity index (χ3n) is 5.63. The Morgan fingerprint density at radius 3 is 2.87 bits per heavy atom. The topological polar surface area (TPSA) is 121 Å². The van der Waals surface area contributed by atoms with Crippen LogP contribution in [0.1, 0.15) is 19.3 Å². The zero-order chi connectivity index (χ0) is 21.6. The van der Waals surface area contributed by atoms with Crippen molar-refractivity contribution in [1.82, 2.24) is 20.3 Å². The second kappa shape index (κ2) is 10.3. The van der Waals surface area contributed by atoms with Gasteiger partial charge in [0.15, 0.2) is 0 Å². The lowest BCUT2D eigenvalue weighted by Gasteiger charge is -2.25. The number of pyridine rings is 1. The van der Waals surface area contributed by atoms with E-state index in [4.69, 9.17) is 16.3 Å². The van der Waals surface area contributed by atoms with Crippen LogP contribution in [-0.2, 0) is 9.53 Å². The standard InChI is InChI=1S/C21H27ClN6O3/c22-17-10-26-19(28-21(30)14-5-15(29)9-23-8-14)6-16(17)18-11-24-12-20(27-18)25-7-13-1-3-31-4-2-13/h6,10-15,23,29H,1-5,7-9H2,(H,25,27)(H,26,28,30)/t14-,15+/m1/s1. The molecular formula is C21H27ClN6O3. The van der Waals surface area contributed by atoms with Crippen molar-refractivity contribution in [2.45, 2.75) is 25.4 Å². The number of halogens is 1. The van der Waals surface area contributed by atoms with Gasteiger partial charge in [-0.1, -0.05) is 11.6 Å². The lowest BCUT2D eigenvalue weighted by atomic mass is 9.97. The van der Waals surface area contributed by atoms with Gasteiger partial charge in [-0.05, 0) is 31.2 Å². The van der Waals surface area contributed by atoms with Gasteiger partial charge in [0, 0.05) is 44.6 Å². The van der Waals surface area contributed by atoms with E-state index >= 15 is 0 Å². The Balaban J connectivity index is 1.44. The predicted octanol–water partition coefficient (Wildman–Crippen LogP) is 1.94. The molecule has 0 unspecified atom stereocenters. The van der Waals surface area contributed by atoms with Crippen molar-refractivity contribution >= 4 is 29.1 Å². The molecule has 2 fully saturated rings. The first kappa shape index (κ1) is 21.9. The van der Waals surface area contributed by atoms with Crippen LogP contribution in [0.5, 0.6) is 0 Å². The van der Waals surface area contributed by atoms with E-state index in [2.05, 4.69) is 30.9 Å². The van der Waals surface area contributed by atoms with Gasteiger partial charge in [-0.3, -0.25) is 9.78 Å². The molecule has 2 saturated heterocycles.